The molecule has 0 saturated heterocycles. The van der Waals surface area contributed by atoms with Crippen LogP contribution in [0.1, 0.15) is 30.9 Å². The highest BCUT2D eigenvalue weighted by atomic mass is 35.5. The third-order valence-electron chi connectivity index (χ3n) is 5.83. The van der Waals surface area contributed by atoms with Crippen LogP contribution in [0.15, 0.2) is 34.5 Å². The number of sulfonamides is 1. The Bertz CT molecular complexity index is 1040. The average molecular weight is 470 g/mol. The Kier molecular flexibility index (Phi) is 6.39. The van der Waals surface area contributed by atoms with E-state index in [9.17, 15) is 13.2 Å². The number of thiophene rings is 1. The molecule has 30 heavy (non-hydrogen) atoms. The van der Waals surface area contributed by atoms with Crippen molar-refractivity contribution in [3.63, 3.8) is 0 Å². The van der Waals surface area contributed by atoms with Crippen LogP contribution in [0.5, 0.6) is 5.75 Å². The largest absolute Gasteiger partial charge is 0.482 e. The molecule has 2 aliphatic rings. The van der Waals surface area contributed by atoms with E-state index in [0.717, 1.165) is 42.6 Å². The molecule has 3 atom stereocenters. The molecule has 6 nitrogen and oxygen atoms in total. The summed E-state index contributed by atoms with van der Waals surface area (Å²) in [5, 5.41) is 0. The highest BCUT2D eigenvalue weighted by Crippen LogP contribution is 2.41. The zero-order valence-electron chi connectivity index (χ0n) is 16.6. The zero-order chi connectivity index (χ0) is 21.3. The van der Waals surface area contributed by atoms with E-state index in [2.05, 4.69) is 4.72 Å². The van der Waals surface area contributed by atoms with E-state index < -0.39 is 16.0 Å². The molecular weight excluding hydrogens is 446 g/mol. The molecule has 0 aliphatic heterocycles. The van der Waals surface area contributed by atoms with Gasteiger partial charge in [0.2, 0.25) is 10.0 Å². The molecule has 2 aliphatic carbocycles. The van der Waals surface area contributed by atoms with Crippen molar-refractivity contribution in [2.24, 2.45) is 11.8 Å². The maximum atomic E-state index is 12.9. The number of rotatable bonds is 7. The fourth-order valence-corrected chi connectivity index (χ4v) is 7.37. The molecule has 0 amide bonds. The molecule has 1 aromatic heterocycles. The summed E-state index contributed by atoms with van der Waals surface area (Å²) in [6.45, 7) is 1.96. The molecule has 1 aromatic carbocycles. The lowest BCUT2D eigenvalue weighted by Gasteiger charge is -2.23. The van der Waals surface area contributed by atoms with E-state index in [-0.39, 0.29) is 28.7 Å². The predicted octanol–water partition coefficient (Wildman–Crippen LogP) is 3.82. The number of carbonyl (C=O) groups excluding carboxylic acids is 1. The lowest BCUT2D eigenvalue weighted by atomic mass is 9.93. The number of nitrogens with one attached hydrogen (secondary N) is 1. The van der Waals surface area contributed by atoms with Crippen LogP contribution >= 0.6 is 22.9 Å². The second-order valence-electron chi connectivity index (χ2n) is 7.74. The van der Waals surface area contributed by atoms with E-state index in [0.29, 0.717) is 16.7 Å². The number of hydrogen-bond donors (Lipinski definition) is 1. The van der Waals surface area contributed by atoms with Crippen LogP contribution in [-0.2, 0) is 32.4 Å². The minimum Gasteiger partial charge on any atom is -0.482 e. The number of benzene rings is 1. The fourth-order valence-electron chi connectivity index (χ4n) is 4.49. The van der Waals surface area contributed by atoms with E-state index in [1.165, 1.54) is 5.56 Å². The van der Waals surface area contributed by atoms with Gasteiger partial charge in [-0.05, 0) is 79.8 Å². The van der Waals surface area contributed by atoms with Gasteiger partial charge in [-0.2, -0.15) is 0 Å². The van der Waals surface area contributed by atoms with E-state index in [4.69, 9.17) is 21.1 Å². The van der Waals surface area contributed by atoms with Crippen molar-refractivity contribution < 1.29 is 22.7 Å². The van der Waals surface area contributed by atoms with Crippen LogP contribution in [0.25, 0.3) is 0 Å². The van der Waals surface area contributed by atoms with E-state index >= 15 is 0 Å². The standard InChI is InChI=1S/C21H24ClNO5S2/c1-2-27-19(24)12-28-17-6-5-13-9-14-3-4-15(10-16(13)11-17)21(14)23-30(25,26)20-8-7-18(22)29-20/h5-8,11,14-15,21,23H,2-4,9-10,12H2,1H3. The quantitative estimate of drug-likeness (QED) is 0.623. The molecule has 1 N–H and O–H groups in total. The Morgan fingerprint density at radius 2 is 1.90 bits per heavy atom. The fraction of sp³-hybridized carbons (Fsp3) is 0.476. The maximum absolute atomic E-state index is 12.9. The first-order valence-electron chi connectivity index (χ1n) is 10.0. The summed E-state index contributed by atoms with van der Waals surface area (Å²) in [4.78, 5) is 11.5. The number of esters is 1. The number of hydrogen-bond acceptors (Lipinski definition) is 6. The van der Waals surface area contributed by atoms with Crippen LogP contribution < -0.4 is 9.46 Å². The van der Waals surface area contributed by atoms with Crippen molar-refractivity contribution in [1.29, 1.82) is 0 Å². The van der Waals surface area contributed by atoms with Crippen molar-refractivity contribution in [3.8, 4) is 5.75 Å². The molecule has 2 bridgehead atoms. The first-order valence-corrected chi connectivity index (χ1v) is 12.7. The van der Waals surface area contributed by atoms with Crippen LogP contribution in [0.3, 0.4) is 0 Å². The number of carbonyl (C=O) groups is 1. The van der Waals surface area contributed by atoms with Gasteiger partial charge in [-0.3, -0.25) is 0 Å². The first kappa shape index (κ1) is 21.6. The van der Waals surface area contributed by atoms with Crippen molar-refractivity contribution >= 4 is 38.9 Å². The SMILES string of the molecule is CCOC(=O)COc1ccc2c(c1)CC1CCC(C2)C1NS(=O)(=O)c1ccc(Cl)s1. The Morgan fingerprint density at radius 1 is 1.17 bits per heavy atom. The summed E-state index contributed by atoms with van der Waals surface area (Å²) < 4.78 is 39.9. The van der Waals surface area contributed by atoms with Gasteiger partial charge in [-0.25, -0.2) is 17.9 Å². The van der Waals surface area contributed by atoms with Gasteiger partial charge in [0.25, 0.3) is 0 Å². The molecular formula is C21H24ClNO5S2. The summed E-state index contributed by atoms with van der Waals surface area (Å²) in [5.74, 6) is 0.717. The molecule has 9 heteroatoms. The lowest BCUT2D eigenvalue weighted by Crippen LogP contribution is -2.41. The Hall–Kier alpha value is -1.61. The Balaban J connectivity index is 1.49. The van der Waals surface area contributed by atoms with Gasteiger partial charge in [-0.1, -0.05) is 17.7 Å². The van der Waals surface area contributed by atoms with Gasteiger partial charge in [0.05, 0.1) is 10.9 Å². The maximum Gasteiger partial charge on any atom is 0.344 e. The van der Waals surface area contributed by atoms with Gasteiger partial charge < -0.3 is 9.47 Å². The van der Waals surface area contributed by atoms with Gasteiger partial charge in [0.1, 0.15) is 9.96 Å². The van der Waals surface area contributed by atoms with Crippen molar-refractivity contribution in [2.75, 3.05) is 13.2 Å². The molecule has 2 aromatic rings. The average Bonchev–Trinajstić information content (AvgIpc) is 3.24. The summed E-state index contributed by atoms with van der Waals surface area (Å²) in [7, 11) is -3.59. The minimum absolute atomic E-state index is 0.104. The van der Waals surface area contributed by atoms with Gasteiger partial charge in [-0.15, -0.1) is 11.3 Å². The number of ether oxygens (including phenoxy) is 2. The minimum atomic E-state index is -3.59. The van der Waals surface area contributed by atoms with Crippen LogP contribution in [-0.4, -0.2) is 33.6 Å². The monoisotopic (exact) mass is 469 g/mol. The van der Waals surface area contributed by atoms with E-state index in [1.807, 2.05) is 18.2 Å². The topological polar surface area (TPSA) is 81.7 Å². The predicted molar refractivity (Wildman–Crippen MR) is 116 cm³/mol. The van der Waals surface area contributed by atoms with Crippen LogP contribution in [0.4, 0.5) is 0 Å². The van der Waals surface area contributed by atoms with Gasteiger partial charge in [0.15, 0.2) is 6.61 Å². The molecule has 1 saturated carbocycles. The molecule has 1 fully saturated rings. The third-order valence-corrected chi connectivity index (χ3v) is 9.01. The summed E-state index contributed by atoms with van der Waals surface area (Å²) >= 11 is 7.00. The second-order valence-corrected chi connectivity index (χ2v) is 11.4. The molecule has 0 spiro atoms. The Morgan fingerprint density at radius 3 is 2.57 bits per heavy atom. The summed E-state index contributed by atoms with van der Waals surface area (Å²) in [6.07, 6.45) is 3.59. The number of fused-ring (bicyclic) bond motifs is 3. The van der Waals surface area contributed by atoms with Crippen LogP contribution in [0, 0.1) is 11.8 Å². The first-order chi connectivity index (χ1) is 14.4. The highest BCUT2D eigenvalue weighted by molar-refractivity contribution is 7.91. The molecule has 1 heterocycles. The molecule has 4 rings (SSSR count). The summed E-state index contributed by atoms with van der Waals surface area (Å²) in [5.41, 5.74) is 2.38. The smallest absolute Gasteiger partial charge is 0.344 e. The van der Waals surface area contributed by atoms with Gasteiger partial charge >= 0.3 is 5.97 Å². The number of halogens is 1. The van der Waals surface area contributed by atoms with E-state index in [1.54, 1.807) is 19.1 Å². The summed E-state index contributed by atoms with van der Waals surface area (Å²) in [6, 6.07) is 8.92. The second kappa shape index (κ2) is 8.86. The third kappa shape index (κ3) is 4.66. The van der Waals surface area contributed by atoms with Crippen LogP contribution in [0.2, 0.25) is 4.34 Å². The lowest BCUT2D eigenvalue weighted by molar-refractivity contribution is -0.145. The van der Waals surface area contributed by atoms with Crippen molar-refractivity contribution in [1.82, 2.24) is 4.72 Å². The van der Waals surface area contributed by atoms with Crippen molar-refractivity contribution in [3.05, 3.63) is 45.8 Å². The molecule has 162 valence electrons. The normalized spacial score (nSPS) is 22.9. The van der Waals surface area contributed by atoms with Crippen molar-refractivity contribution in [2.45, 2.75) is 42.9 Å². The zero-order valence-corrected chi connectivity index (χ0v) is 19.0. The van der Waals surface area contributed by atoms with Gasteiger partial charge in [0, 0.05) is 6.04 Å². The molecule has 3 unspecified atom stereocenters. The Labute approximate surface area is 185 Å². The highest BCUT2D eigenvalue weighted by Gasteiger charge is 2.41. The molecule has 0 radical (unpaired) electrons.